The number of hydrogen-bond acceptors (Lipinski definition) is 3. The fraction of sp³-hybridized carbons (Fsp3) is 0.0405. The summed E-state index contributed by atoms with van der Waals surface area (Å²) in [6, 6.07) is 97.4. The molecular formula is C74H51N5OSi. The van der Waals surface area contributed by atoms with Gasteiger partial charge in [0, 0.05) is 50.2 Å². The van der Waals surface area contributed by atoms with E-state index in [0.29, 0.717) is 6.61 Å². The van der Waals surface area contributed by atoms with Crippen molar-refractivity contribution >= 4 is 94.8 Å². The van der Waals surface area contributed by atoms with E-state index in [4.69, 9.17) is 9.72 Å². The van der Waals surface area contributed by atoms with Crippen LogP contribution in [0.15, 0.2) is 285 Å². The minimum Gasteiger partial charge on any atom is -0.483 e. The van der Waals surface area contributed by atoms with Crippen LogP contribution in [0.2, 0.25) is 0 Å². The Morgan fingerprint density at radius 3 is 1.70 bits per heavy atom. The van der Waals surface area contributed by atoms with Crippen LogP contribution >= 0.6 is 0 Å². The maximum absolute atomic E-state index is 6.50. The molecule has 0 saturated carbocycles. The smallest absolute Gasteiger partial charge is 0.179 e. The Kier molecular flexibility index (Phi) is 10.1. The minimum atomic E-state index is -3.09. The quantitative estimate of drug-likeness (QED) is 0.112. The summed E-state index contributed by atoms with van der Waals surface area (Å²) in [5.74, 6) is 2.05. The number of nitrogens with zero attached hydrogens (tertiary/aromatic N) is 5. The summed E-state index contributed by atoms with van der Waals surface area (Å²) in [6.07, 6.45) is 9.15. The number of imidazole rings is 1. The Labute approximate surface area is 469 Å². The molecule has 6 nitrogen and oxygen atoms in total. The Morgan fingerprint density at radius 1 is 0.383 bits per heavy atom. The Bertz CT molecular complexity index is 4840. The zero-order chi connectivity index (χ0) is 53.2. The number of anilines is 2. The number of rotatable bonds is 8. The lowest BCUT2D eigenvalue weighted by molar-refractivity contribution is 0.281. The molecule has 17 rings (SSSR count). The van der Waals surface area contributed by atoms with Crippen LogP contribution in [0.3, 0.4) is 0 Å². The molecule has 7 heteroatoms. The Morgan fingerprint density at radius 2 is 0.951 bits per heavy atom. The van der Waals surface area contributed by atoms with Crippen LogP contribution in [-0.4, -0.2) is 32.8 Å². The van der Waals surface area contributed by atoms with Gasteiger partial charge in [-0.05, 0) is 128 Å². The predicted molar refractivity (Wildman–Crippen MR) is 337 cm³/mol. The van der Waals surface area contributed by atoms with Crippen LogP contribution in [0.25, 0.3) is 82.8 Å². The third-order valence-electron chi connectivity index (χ3n) is 17.6. The summed E-state index contributed by atoms with van der Waals surface area (Å²) >= 11 is 0. The number of para-hydroxylation sites is 5. The van der Waals surface area contributed by atoms with E-state index in [2.05, 4.69) is 298 Å². The fourth-order valence-corrected chi connectivity index (χ4v) is 18.9. The van der Waals surface area contributed by atoms with Crippen molar-refractivity contribution in [1.82, 2.24) is 18.7 Å². The molecule has 0 bridgehead atoms. The van der Waals surface area contributed by atoms with Crippen LogP contribution in [0.1, 0.15) is 17.3 Å². The maximum Gasteiger partial charge on any atom is 0.179 e. The van der Waals surface area contributed by atoms with Crippen LogP contribution in [0.4, 0.5) is 11.4 Å². The van der Waals surface area contributed by atoms with Gasteiger partial charge in [0.15, 0.2) is 13.9 Å². The zero-order valence-electron chi connectivity index (χ0n) is 44.1. The number of hydrogen-bond donors (Lipinski definition) is 0. The zero-order valence-corrected chi connectivity index (χ0v) is 45.1. The standard InChI is InChI=1S/C74H51N5OSi/c1-3-21-54(22-4-1)81(55-23-5-2-6-24-55,56-25-17-19-49(43-56)50-37-40-72-73(44-50)80-48-74-75-64-31-11-16-36-71(64)79(72)74)57-26-18-20-51(45-57)76-69-41-38-52(77-65-32-12-7-27-58(65)59-28-8-13-33-66(59)77)46-62(69)63-47-53(39-42-70(63)76)78-67-34-14-9-29-60(67)61-30-10-15-35-68(61)78/h1-47,58,65H,48H2. The molecule has 382 valence electrons. The van der Waals surface area contributed by atoms with Crippen LogP contribution < -0.4 is 30.4 Å². The van der Waals surface area contributed by atoms with E-state index in [-0.39, 0.29) is 12.0 Å². The number of allylic oxidation sites excluding steroid dienone is 2. The van der Waals surface area contributed by atoms with Crippen molar-refractivity contribution in [2.45, 2.75) is 18.6 Å². The number of benzene rings is 11. The van der Waals surface area contributed by atoms with Gasteiger partial charge in [-0.3, -0.25) is 4.57 Å². The van der Waals surface area contributed by atoms with Crippen molar-refractivity contribution in [3.05, 3.63) is 297 Å². The summed E-state index contributed by atoms with van der Waals surface area (Å²) in [5.41, 5.74) is 16.1. The first-order valence-corrected chi connectivity index (χ1v) is 30.0. The lowest BCUT2D eigenvalue weighted by Crippen LogP contribution is -2.74. The van der Waals surface area contributed by atoms with Gasteiger partial charge in [-0.2, -0.15) is 0 Å². The van der Waals surface area contributed by atoms with E-state index in [0.717, 1.165) is 61.8 Å². The number of ether oxygens (including phenoxy) is 1. The fourth-order valence-electron chi connectivity index (χ4n) is 14.1. The first-order chi connectivity index (χ1) is 40.2. The average molecular weight is 1050 g/mol. The van der Waals surface area contributed by atoms with Crippen molar-refractivity contribution in [2.24, 2.45) is 0 Å². The molecule has 3 aliphatic rings. The van der Waals surface area contributed by atoms with Gasteiger partial charge in [-0.25, -0.2) is 4.98 Å². The molecule has 0 amide bonds. The Balaban J connectivity index is 0.873. The molecule has 0 radical (unpaired) electrons. The van der Waals surface area contributed by atoms with Gasteiger partial charge < -0.3 is 18.8 Å². The first kappa shape index (κ1) is 45.8. The van der Waals surface area contributed by atoms with Gasteiger partial charge in [0.05, 0.1) is 44.8 Å². The van der Waals surface area contributed by atoms with Gasteiger partial charge in [-0.1, -0.05) is 194 Å². The topological polar surface area (TPSA) is 40.1 Å². The number of aromatic nitrogens is 4. The molecule has 0 spiro atoms. The van der Waals surface area contributed by atoms with E-state index in [1.807, 2.05) is 6.07 Å². The van der Waals surface area contributed by atoms with E-state index in [1.165, 1.54) is 70.3 Å². The molecule has 1 aliphatic carbocycles. The summed E-state index contributed by atoms with van der Waals surface area (Å²) < 4.78 is 13.7. The summed E-state index contributed by atoms with van der Waals surface area (Å²) in [7, 11) is -3.09. The second-order valence-corrected chi connectivity index (χ2v) is 25.6. The van der Waals surface area contributed by atoms with Gasteiger partial charge in [0.25, 0.3) is 0 Å². The van der Waals surface area contributed by atoms with Crippen molar-refractivity contribution in [3.63, 3.8) is 0 Å². The predicted octanol–water partition coefficient (Wildman–Crippen LogP) is 14.9. The highest BCUT2D eigenvalue weighted by Crippen LogP contribution is 2.49. The molecule has 5 heterocycles. The molecular weight excluding hydrogens is 1000 g/mol. The van der Waals surface area contributed by atoms with Crippen molar-refractivity contribution in [3.8, 4) is 33.9 Å². The first-order valence-electron chi connectivity index (χ1n) is 28.0. The molecule has 81 heavy (non-hydrogen) atoms. The summed E-state index contributed by atoms with van der Waals surface area (Å²) in [5, 5.41) is 10.1. The van der Waals surface area contributed by atoms with E-state index in [1.54, 1.807) is 0 Å². The van der Waals surface area contributed by atoms with Crippen molar-refractivity contribution in [1.29, 1.82) is 0 Å². The summed E-state index contributed by atoms with van der Waals surface area (Å²) in [4.78, 5) is 7.47. The third kappa shape index (κ3) is 6.82. The second kappa shape index (κ2) is 17.9. The van der Waals surface area contributed by atoms with Crippen molar-refractivity contribution in [2.75, 3.05) is 4.90 Å². The van der Waals surface area contributed by atoms with Crippen molar-refractivity contribution < 1.29 is 4.74 Å². The Hall–Kier alpha value is -10.2. The van der Waals surface area contributed by atoms with Crippen LogP contribution in [0, 0.1) is 0 Å². The molecule has 11 aromatic carbocycles. The largest absolute Gasteiger partial charge is 0.483 e. The SMILES string of the molecule is C1=CC2c3ccccc3N(c3ccc4c(c3)c3cc(-n5c6ccccc6c6ccccc65)ccc3n4-c3cccc([Si](c4ccccc4)(c4ccccc4)c4cccc(-c5ccc6c(c5)OCc5nc7ccccc7n5-6)c4)c3)C2C=C1. The monoisotopic (exact) mass is 1050 g/mol. The lowest BCUT2D eigenvalue weighted by Gasteiger charge is -2.35. The van der Waals surface area contributed by atoms with Gasteiger partial charge in [0.1, 0.15) is 12.4 Å². The molecule has 0 saturated heterocycles. The van der Waals surface area contributed by atoms with Gasteiger partial charge >= 0.3 is 0 Å². The molecule has 2 atom stereocenters. The number of fused-ring (bicyclic) bond motifs is 14. The van der Waals surface area contributed by atoms with E-state index < -0.39 is 8.07 Å². The molecule has 2 aliphatic heterocycles. The van der Waals surface area contributed by atoms with Crippen LogP contribution in [0.5, 0.6) is 5.75 Å². The maximum atomic E-state index is 6.50. The summed E-state index contributed by atoms with van der Waals surface area (Å²) in [6.45, 7) is 0.415. The second-order valence-electron chi connectivity index (χ2n) is 21.8. The minimum absolute atomic E-state index is 0.183. The van der Waals surface area contributed by atoms with E-state index in [9.17, 15) is 0 Å². The van der Waals surface area contributed by atoms with Gasteiger partial charge in [0.2, 0.25) is 0 Å². The third-order valence-corrected chi connectivity index (χ3v) is 22.3. The molecule has 0 N–H and O–H groups in total. The van der Waals surface area contributed by atoms with Crippen LogP contribution in [-0.2, 0) is 6.61 Å². The average Bonchev–Trinajstić information content (AvgIpc) is 4.39. The highest BCUT2D eigenvalue weighted by molar-refractivity contribution is 7.20. The molecule has 3 aromatic heterocycles. The normalized spacial score (nSPS) is 15.3. The van der Waals surface area contributed by atoms with E-state index >= 15 is 0 Å². The molecule has 0 fully saturated rings. The highest BCUT2D eigenvalue weighted by Gasteiger charge is 2.42. The lowest BCUT2D eigenvalue weighted by atomic mass is 9.91. The van der Waals surface area contributed by atoms with Gasteiger partial charge in [-0.15, -0.1) is 0 Å². The molecule has 14 aromatic rings. The molecule has 2 unspecified atom stereocenters. The highest BCUT2D eigenvalue weighted by atomic mass is 28.3.